The van der Waals surface area contributed by atoms with Crippen molar-refractivity contribution in [1.29, 1.82) is 0 Å². The topological polar surface area (TPSA) is 57.4 Å². The summed E-state index contributed by atoms with van der Waals surface area (Å²) in [6.45, 7) is 8.41. The lowest BCUT2D eigenvalue weighted by molar-refractivity contribution is 0.0337. The summed E-state index contributed by atoms with van der Waals surface area (Å²) < 4.78 is 5.45. The second-order valence-electron chi connectivity index (χ2n) is 8.70. The summed E-state index contributed by atoms with van der Waals surface area (Å²) in [5, 5.41) is 6.71. The second kappa shape index (κ2) is 8.77. The Balaban J connectivity index is 1.37. The van der Waals surface area contributed by atoms with E-state index in [-0.39, 0.29) is 11.9 Å². The van der Waals surface area contributed by atoms with Gasteiger partial charge in [-0.05, 0) is 53.9 Å². The molecule has 0 radical (unpaired) electrons. The summed E-state index contributed by atoms with van der Waals surface area (Å²) in [5.41, 5.74) is 4.99. The quantitative estimate of drug-likeness (QED) is 0.474. The first-order valence-electron chi connectivity index (χ1n) is 11.3. The van der Waals surface area contributed by atoms with Crippen molar-refractivity contribution in [2.45, 2.75) is 26.4 Å². The Hall–Kier alpha value is -3.15. The molecule has 1 aliphatic rings. The number of benzene rings is 3. The Labute approximate surface area is 188 Å². The third-order valence-corrected chi connectivity index (χ3v) is 6.40. The number of fused-ring (bicyclic) bond motifs is 2. The first-order chi connectivity index (χ1) is 15.6. The molecule has 1 aromatic heterocycles. The zero-order valence-corrected chi connectivity index (χ0v) is 18.7. The van der Waals surface area contributed by atoms with E-state index < -0.39 is 0 Å². The van der Waals surface area contributed by atoms with E-state index in [0.717, 1.165) is 54.9 Å². The van der Waals surface area contributed by atoms with Crippen LogP contribution in [0.4, 0.5) is 0 Å². The van der Waals surface area contributed by atoms with Gasteiger partial charge < -0.3 is 15.0 Å². The number of hydrogen-bond donors (Lipinski definition) is 2. The summed E-state index contributed by atoms with van der Waals surface area (Å²) in [6.07, 6.45) is 0. The number of nitrogens with one attached hydrogen (secondary N) is 2. The lowest BCUT2D eigenvalue weighted by Crippen LogP contribution is -2.35. The average molecular weight is 428 g/mol. The Kier molecular flexibility index (Phi) is 5.68. The molecule has 1 atom stereocenters. The third-order valence-electron chi connectivity index (χ3n) is 6.40. The largest absolute Gasteiger partial charge is 0.379 e. The first-order valence-corrected chi connectivity index (χ1v) is 11.3. The van der Waals surface area contributed by atoms with Gasteiger partial charge in [-0.15, -0.1) is 0 Å². The van der Waals surface area contributed by atoms with Gasteiger partial charge in [-0.2, -0.15) is 0 Å². The fraction of sp³-hybridized carbons (Fsp3) is 0.296. The molecule has 164 valence electrons. The number of morpholine rings is 1. The normalized spacial score (nSPS) is 15.8. The fourth-order valence-electron chi connectivity index (χ4n) is 4.66. The number of aryl methyl sites for hydroxylation is 1. The molecule has 5 heteroatoms. The van der Waals surface area contributed by atoms with Crippen molar-refractivity contribution in [2.75, 3.05) is 26.3 Å². The third kappa shape index (κ3) is 4.14. The number of hydrogen-bond acceptors (Lipinski definition) is 3. The van der Waals surface area contributed by atoms with Crippen LogP contribution in [0.1, 0.15) is 40.1 Å². The van der Waals surface area contributed by atoms with Gasteiger partial charge in [-0.25, -0.2) is 0 Å². The first kappa shape index (κ1) is 20.7. The number of carbonyl (C=O) groups excluding carboxylic acids is 1. The van der Waals surface area contributed by atoms with E-state index >= 15 is 0 Å². The molecule has 5 nitrogen and oxygen atoms in total. The number of H-pyrrole nitrogens is 1. The molecular formula is C27H29N3O2. The maximum absolute atomic E-state index is 13.2. The van der Waals surface area contributed by atoms with E-state index in [9.17, 15) is 4.79 Å². The van der Waals surface area contributed by atoms with Gasteiger partial charge in [-0.1, -0.05) is 42.5 Å². The monoisotopic (exact) mass is 427 g/mol. The van der Waals surface area contributed by atoms with E-state index in [0.29, 0.717) is 5.56 Å². The predicted octanol–water partition coefficient (Wildman–Crippen LogP) is 4.95. The SMILES string of the molecule is Cc1cc2cc(CN3CCOCC3)[nH]c2cc1C(=O)N[C@H](C)c1cccc2ccccc12. The van der Waals surface area contributed by atoms with E-state index in [1.54, 1.807) is 0 Å². The molecule has 2 heterocycles. The highest BCUT2D eigenvalue weighted by atomic mass is 16.5. The van der Waals surface area contributed by atoms with Crippen LogP contribution >= 0.6 is 0 Å². The van der Waals surface area contributed by atoms with Gasteiger partial charge in [0.1, 0.15) is 0 Å². The van der Waals surface area contributed by atoms with E-state index in [4.69, 9.17) is 4.74 Å². The predicted molar refractivity (Wildman–Crippen MR) is 129 cm³/mol. The van der Waals surface area contributed by atoms with Crippen LogP contribution in [-0.2, 0) is 11.3 Å². The molecule has 1 fully saturated rings. The van der Waals surface area contributed by atoms with Crippen molar-refractivity contribution in [2.24, 2.45) is 0 Å². The van der Waals surface area contributed by atoms with Crippen LogP contribution < -0.4 is 5.32 Å². The van der Waals surface area contributed by atoms with Crippen molar-refractivity contribution in [1.82, 2.24) is 15.2 Å². The van der Waals surface area contributed by atoms with Crippen LogP contribution in [0.25, 0.3) is 21.7 Å². The van der Waals surface area contributed by atoms with Crippen molar-refractivity contribution >= 4 is 27.6 Å². The van der Waals surface area contributed by atoms with Crippen LogP contribution in [0.2, 0.25) is 0 Å². The van der Waals surface area contributed by atoms with Crippen LogP contribution in [0.3, 0.4) is 0 Å². The van der Waals surface area contributed by atoms with E-state index in [2.05, 4.69) is 51.6 Å². The summed E-state index contributed by atoms with van der Waals surface area (Å²) >= 11 is 0. The van der Waals surface area contributed by atoms with Gasteiger partial charge in [0.2, 0.25) is 0 Å². The highest BCUT2D eigenvalue weighted by molar-refractivity contribution is 6.00. The van der Waals surface area contributed by atoms with Crippen LogP contribution in [0, 0.1) is 6.92 Å². The highest BCUT2D eigenvalue weighted by Gasteiger charge is 2.17. The molecular weight excluding hydrogens is 398 g/mol. The van der Waals surface area contributed by atoms with Gasteiger partial charge in [0.15, 0.2) is 0 Å². The van der Waals surface area contributed by atoms with E-state index in [1.165, 1.54) is 16.5 Å². The average Bonchev–Trinajstić information content (AvgIpc) is 3.19. The molecule has 1 amide bonds. The summed E-state index contributed by atoms with van der Waals surface area (Å²) in [6, 6.07) is 20.7. The molecule has 4 aromatic rings. The number of aromatic nitrogens is 1. The minimum absolute atomic E-state index is 0.0471. The number of aromatic amines is 1. The maximum atomic E-state index is 13.2. The molecule has 1 saturated heterocycles. The molecule has 5 rings (SSSR count). The number of ether oxygens (including phenoxy) is 1. The van der Waals surface area contributed by atoms with Crippen molar-refractivity contribution in [3.63, 3.8) is 0 Å². The van der Waals surface area contributed by atoms with Gasteiger partial charge >= 0.3 is 0 Å². The molecule has 0 bridgehead atoms. The standard InChI is InChI=1S/C27H29N3O2/c1-18-14-21-15-22(17-30-10-12-32-13-11-30)29-26(21)16-25(18)27(31)28-19(2)23-9-5-7-20-6-3-4-8-24(20)23/h3-9,14-16,19,29H,10-13,17H2,1-2H3,(H,28,31)/t19-/m1/s1. The second-order valence-corrected chi connectivity index (χ2v) is 8.70. The van der Waals surface area contributed by atoms with Gasteiger partial charge in [0, 0.05) is 41.8 Å². The lowest BCUT2D eigenvalue weighted by atomic mass is 9.99. The van der Waals surface area contributed by atoms with Crippen LogP contribution in [0.5, 0.6) is 0 Å². The highest BCUT2D eigenvalue weighted by Crippen LogP contribution is 2.26. The van der Waals surface area contributed by atoms with Gasteiger partial charge in [0.25, 0.3) is 5.91 Å². The smallest absolute Gasteiger partial charge is 0.252 e. The van der Waals surface area contributed by atoms with Crippen molar-refractivity contribution in [3.05, 3.63) is 83.0 Å². The Morgan fingerprint density at radius 3 is 2.69 bits per heavy atom. The molecule has 0 aliphatic carbocycles. The van der Waals surface area contributed by atoms with E-state index in [1.807, 2.05) is 38.1 Å². The minimum atomic E-state index is -0.0933. The number of carbonyl (C=O) groups is 1. The van der Waals surface area contributed by atoms with Crippen molar-refractivity contribution < 1.29 is 9.53 Å². The maximum Gasteiger partial charge on any atom is 0.252 e. The fourth-order valence-corrected chi connectivity index (χ4v) is 4.66. The Bertz CT molecular complexity index is 1270. The molecule has 0 saturated carbocycles. The molecule has 0 spiro atoms. The Morgan fingerprint density at radius 1 is 1.06 bits per heavy atom. The summed E-state index contributed by atoms with van der Waals surface area (Å²) in [5.74, 6) is -0.0471. The zero-order valence-electron chi connectivity index (χ0n) is 18.7. The Morgan fingerprint density at radius 2 is 1.84 bits per heavy atom. The molecule has 3 aromatic carbocycles. The van der Waals surface area contributed by atoms with Crippen LogP contribution in [-0.4, -0.2) is 42.1 Å². The summed E-state index contributed by atoms with van der Waals surface area (Å²) in [4.78, 5) is 19.1. The molecule has 0 unspecified atom stereocenters. The number of rotatable bonds is 5. The minimum Gasteiger partial charge on any atom is -0.379 e. The number of amides is 1. The summed E-state index contributed by atoms with van der Waals surface area (Å²) in [7, 11) is 0. The lowest BCUT2D eigenvalue weighted by Gasteiger charge is -2.25. The zero-order chi connectivity index (χ0) is 22.1. The van der Waals surface area contributed by atoms with Crippen molar-refractivity contribution in [3.8, 4) is 0 Å². The number of nitrogens with zero attached hydrogens (tertiary/aromatic N) is 1. The molecule has 32 heavy (non-hydrogen) atoms. The van der Waals surface area contributed by atoms with Gasteiger partial charge in [0.05, 0.1) is 19.3 Å². The van der Waals surface area contributed by atoms with Gasteiger partial charge in [-0.3, -0.25) is 9.69 Å². The molecule has 2 N–H and O–H groups in total. The van der Waals surface area contributed by atoms with Crippen LogP contribution in [0.15, 0.2) is 60.7 Å². The molecule has 1 aliphatic heterocycles.